The van der Waals surface area contributed by atoms with E-state index in [1.165, 1.54) is 12.2 Å². The van der Waals surface area contributed by atoms with E-state index < -0.39 is 31.4 Å². The SMILES string of the molecule is CO.C[Si](C)(C)CCOCn1ccnc1C=O.C[Si](C)(C)CCOCn1ccnc1CCl.C[Si](C)(C)CCOCn1ccnc1CO.O=Cc1ncc[nH]1.[2H]CF.[B].[H-].[Na+]. The number of halogens is 2. The Bertz CT molecular complexity index is 1490. The number of ether oxygens (including phenoxy) is 3. The van der Waals surface area contributed by atoms with Crippen LogP contribution >= 0.6 is 11.6 Å². The minimum Gasteiger partial charge on any atom is -1.00 e. The number of hydrogen-bond acceptors (Lipinski definition) is 11. The fraction of sp³-hybridized carbons (Fsp3) is 0.611. The van der Waals surface area contributed by atoms with Crippen molar-refractivity contribution in [2.75, 3.05) is 34.1 Å². The largest absolute Gasteiger partial charge is 1.00 e. The van der Waals surface area contributed by atoms with Gasteiger partial charge in [0.1, 0.15) is 38.4 Å². The van der Waals surface area contributed by atoms with Crippen molar-refractivity contribution < 1.29 is 70.8 Å². The van der Waals surface area contributed by atoms with Crippen molar-refractivity contribution in [2.24, 2.45) is 0 Å². The summed E-state index contributed by atoms with van der Waals surface area (Å²) in [7, 11) is -3.00. The second-order valence-electron chi connectivity index (χ2n) is 15.4. The number of aromatic nitrogens is 8. The van der Waals surface area contributed by atoms with Crippen LogP contribution in [0.1, 0.15) is 35.7 Å². The van der Waals surface area contributed by atoms with Crippen molar-refractivity contribution >= 4 is 56.8 Å². The standard InChI is InChI=1S/C10H19ClN2OSi.C10H20N2O2Si.C10H18N2O2Si.C4H4N2O.CH3F.CH4O.B.Na.H/c1-15(2,3)7-6-14-9-13-5-4-12-10(13)8-11;2*1-15(2,3)7-6-14-9-12-5-4-11-10(12)8-13;7-3-4-5-1-2-6-4;2*1-2;;;/h4-5H,6-9H2,1-3H3;4-5,13H,6-9H2,1-3H3;4-5,8H,6-7,9H2,1-3H3;1-3H,(H,5,6);1H3;2H,1H3;;;/q;;;;;;;+1;-1/i;;;;1D;;;;. The number of aliphatic hydroxyl groups excluding tert-OH is 2. The molecule has 4 aromatic heterocycles. The molecule has 0 unspecified atom stereocenters. The summed E-state index contributed by atoms with van der Waals surface area (Å²) in [5, 5.41) is 16.0. The van der Waals surface area contributed by atoms with E-state index in [1.54, 1.807) is 35.6 Å². The van der Waals surface area contributed by atoms with Gasteiger partial charge in [-0.1, -0.05) is 58.9 Å². The number of carbonyl (C=O) groups is 2. The Hall–Kier alpha value is -2.08. The normalized spacial score (nSPS) is 10.7. The van der Waals surface area contributed by atoms with E-state index in [9.17, 15) is 14.0 Å². The quantitative estimate of drug-likeness (QED) is 0.0539. The first-order valence-electron chi connectivity index (χ1n) is 18.7. The number of carbonyl (C=O) groups excluding carboxylic acids is 2. The monoisotopic (exact) mass is 898 g/mol. The summed E-state index contributed by atoms with van der Waals surface area (Å²) in [4.78, 5) is 38.6. The molecule has 0 aliphatic heterocycles. The molecule has 0 atom stereocenters. The molecular formula is C36H69BClFN8NaO7Si3. The molecule has 0 aliphatic rings. The van der Waals surface area contributed by atoms with Crippen LogP contribution in [0.25, 0.3) is 0 Å². The van der Waals surface area contributed by atoms with Crippen molar-refractivity contribution in [3.05, 3.63) is 72.9 Å². The molecule has 3 N–H and O–H groups in total. The summed E-state index contributed by atoms with van der Waals surface area (Å²) in [5.41, 5.74) is 0. The average molecular weight is 900 g/mol. The van der Waals surface area contributed by atoms with Gasteiger partial charge in [0.05, 0.1) is 14.4 Å². The predicted molar refractivity (Wildman–Crippen MR) is 236 cm³/mol. The Kier molecular flexibility index (Phi) is 38.1. The Morgan fingerprint density at radius 2 is 1.14 bits per heavy atom. The zero-order chi connectivity index (χ0) is 43.8. The summed E-state index contributed by atoms with van der Waals surface area (Å²) >= 11 is 5.73. The first-order chi connectivity index (χ1) is 26.9. The van der Waals surface area contributed by atoms with Gasteiger partial charge >= 0.3 is 29.6 Å². The molecular weight excluding hydrogens is 829 g/mol. The molecule has 0 aliphatic carbocycles. The molecule has 4 aromatic rings. The minimum absolute atomic E-state index is 0. The number of imidazole rings is 4. The van der Waals surface area contributed by atoms with Gasteiger partial charge in [0.2, 0.25) is 0 Å². The summed E-state index contributed by atoms with van der Waals surface area (Å²) < 4.78 is 37.6. The van der Waals surface area contributed by atoms with Gasteiger partial charge in [0.25, 0.3) is 0 Å². The van der Waals surface area contributed by atoms with Crippen LogP contribution in [0.3, 0.4) is 0 Å². The van der Waals surface area contributed by atoms with Gasteiger partial charge in [-0.25, -0.2) is 19.9 Å². The van der Waals surface area contributed by atoms with E-state index in [2.05, 4.69) is 83.8 Å². The smallest absolute Gasteiger partial charge is 1.00 e. The van der Waals surface area contributed by atoms with Crippen LogP contribution < -0.4 is 29.6 Å². The van der Waals surface area contributed by atoms with Crippen LogP contribution in [-0.4, -0.2) is 128 Å². The fourth-order valence-electron chi connectivity index (χ4n) is 3.71. The summed E-state index contributed by atoms with van der Waals surface area (Å²) in [6.45, 7) is 24.7. The van der Waals surface area contributed by atoms with Gasteiger partial charge in [-0.05, 0) is 18.1 Å². The van der Waals surface area contributed by atoms with Crippen molar-refractivity contribution in [3.63, 3.8) is 0 Å². The van der Waals surface area contributed by atoms with Crippen LogP contribution in [0.2, 0.25) is 77.1 Å². The van der Waals surface area contributed by atoms with Gasteiger partial charge in [-0.2, -0.15) is 0 Å². The number of hydrogen-bond donors (Lipinski definition) is 3. The molecule has 0 spiro atoms. The molecule has 0 saturated carbocycles. The fourth-order valence-corrected chi connectivity index (χ4v) is 6.20. The number of nitrogens with one attached hydrogen (secondary N) is 1. The van der Waals surface area contributed by atoms with Gasteiger partial charge in [-0.15, -0.1) is 11.6 Å². The average Bonchev–Trinajstić information content (AvgIpc) is 3.99. The molecule has 4 rings (SSSR count). The number of aromatic amines is 1. The van der Waals surface area contributed by atoms with E-state index >= 15 is 0 Å². The van der Waals surface area contributed by atoms with E-state index in [1.807, 2.05) is 21.5 Å². The first-order valence-corrected chi connectivity index (χ1v) is 29.7. The Morgan fingerprint density at radius 3 is 1.48 bits per heavy atom. The number of aldehydes is 2. The van der Waals surface area contributed by atoms with Gasteiger partial charge < -0.3 is 44.5 Å². The van der Waals surface area contributed by atoms with E-state index in [4.69, 9.17) is 37.4 Å². The van der Waals surface area contributed by atoms with Crippen LogP contribution in [0.15, 0.2) is 49.6 Å². The number of H-pyrrole nitrogens is 1. The molecule has 0 amide bonds. The summed E-state index contributed by atoms with van der Waals surface area (Å²) in [6, 6.07) is 3.49. The number of rotatable bonds is 19. The zero-order valence-electron chi connectivity index (χ0n) is 38.7. The maximum absolute atomic E-state index is 10.5. The molecule has 0 fully saturated rings. The maximum atomic E-state index is 10.5. The zero-order valence-corrected chi connectivity index (χ0v) is 42.4. The van der Waals surface area contributed by atoms with Gasteiger partial charge in [-0.3, -0.25) is 14.0 Å². The molecule has 0 aromatic carbocycles. The summed E-state index contributed by atoms with van der Waals surface area (Å²) in [6.07, 6.45) is 15.0. The third kappa shape index (κ3) is 33.7. The Balaban J connectivity index is -0.000000217. The van der Waals surface area contributed by atoms with Crippen molar-refractivity contribution in [1.29, 1.82) is 0 Å². The molecule has 3 radical (unpaired) electrons. The molecule has 22 heteroatoms. The number of alkyl halides is 2. The second kappa shape index (κ2) is 36.7. The Morgan fingerprint density at radius 1 is 0.741 bits per heavy atom. The maximum Gasteiger partial charge on any atom is 1.00 e. The topological polar surface area (TPSA) is 184 Å². The van der Waals surface area contributed by atoms with Crippen LogP contribution in [0.4, 0.5) is 4.39 Å². The molecule has 15 nitrogen and oxygen atoms in total. The van der Waals surface area contributed by atoms with Crippen molar-refractivity contribution in [1.82, 2.24) is 38.6 Å². The van der Waals surface area contributed by atoms with Crippen LogP contribution in [0, 0.1) is 0 Å². The predicted octanol–water partition coefficient (Wildman–Crippen LogP) is 3.78. The van der Waals surface area contributed by atoms with E-state index in [0.717, 1.165) is 51.1 Å². The van der Waals surface area contributed by atoms with Crippen LogP contribution in [-0.2, 0) is 46.9 Å². The molecule has 0 saturated heterocycles. The second-order valence-corrected chi connectivity index (χ2v) is 32.6. The number of nitrogens with zero attached hydrogens (tertiary/aromatic N) is 7. The molecule has 325 valence electrons. The minimum atomic E-state index is -1.02. The van der Waals surface area contributed by atoms with E-state index in [0.29, 0.717) is 49.8 Å². The third-order valence-electron chi connectivity index (χ3n) is 7.03. The van der Waals surface area contributed by atoms with E-state index in [-0.39, 0.29) is 46.0 Å². The third-order valence-corrected chi connectivity index (χ3v) is 12.4. The molecule has 0 bridgehead atoms. The molecule has 58 heavy (non-hydrogen) atoms. The Labute approximate surface area is 380 Å². The first kappa shape index (κ1) is 60.2. The van der Waals surface area contributed by atoms with Gasteiger partial charge in [0.15, 0.2) is 24.2 Å². The van der Waals surface area contributed by atoms with Crippen LogP contribution in [0.5, 0.6) is 0 Å². The van der Waals surface area contributed by atoms with Crippen molar-refractivity contribution in [3.8, 4) is 0 Å². The number of aliphatic hydroxyl groups is 2. The van der Waals surface area contributed by atoms with Crippen molar-refractivity contribution in [2.45, 2.75) is 110 Å². The van der Waals surface area contributed by atoms with Gasteiger partial charge in [0, 0.05) is 109 Å². The summed E-state index contributed by atoms with van der Waals surface area (Å²) in [5.74, 6) is 2.75. The molecule has 4 heterocycles.